The Bertz CT molecular complexity index is 1210. The Hall–Kier alpha value is -2.96. The van der Waals surface area contributed by atoms with Crippen LogP contribution in [-0.4, -0.2) is 59.3 Å². The Labute approximate surface area is 180 Å². The fourth-order valence-corrected chi connectivity index (χ4v) is 3.96. The molecule has 1 atom stereocenters. The number of H-pyrrole nitrogens is 1. The second kappa shape index (κ2) is 8.05. The lowest BCUT2D eigenvalue weighted by Crippen LogP contribution is -2.44. The minimum Gasteiger partial charge on any atom is -0.368 e. The number of hydrogen-bond acceptors (Lipinski definition) is 5. The maximum absolute atomic E-state index is 6.38. The summed E-state index contributed by atoms with van der Waals surface area (Å²) in [6.07, 6.45) is 1.66. The number of piperazine rings is 1. The lowest BCUT2D eigenvalue weighted by molar-refractivity contribution is 0.313. The van der Waals surface area contributed by atoms with Crippen LogP contribution in [-0.2, 0) is 0 Å². The maximum Gasteiger partial charge on any atom is 0.251 e. The summed E-state index contributed by atoms with van der Waals surface area (Å²) in [6, 6.07) is 18.8. The fourth-order valence-electron chi connectivity index (χ4n) is 3.80. The molecule has 6 nitrogen and oxygen atoms in total. The molecule has 152 valence electrons. The number of halogens is 1. The number of anilines is 1. The van der Waals surface area contributed by atoms with Crippen molar-refractivity contribution < 1.29 is 0 Å². The molecule has 0 saturated carbocycles. The molecule has 3 aromatic rings. The van der Waals surface area contributed by atoms with E-state index in [0.717, 1.165) is 48.0 Å². The number of aliphatic imine (C=N–C) groups is 1. The molecule has 1 aromatic heterocycles. The van der Waals surface area contributed by atoms with E-state index in [0.29, 0.717) is 11.8 Å². The van der Waals surface area contributed by atoms with Crippen LogP contribution in [0.25, 0.3) is 21.8 Å². The van der Waals surface area contributed by atoms with Gasteiger partial charge in [-0.05, 0) is 48.2 Å². The van der Waals surface area contributed by atoms with Gasteiger partial charge in [-0.3, -0.25) is 0 Å². The zero-order valence-corrected chi connectivity index (χ0v) is 17.5. The summed E-state index contributed by atoms with van der Waals surface area (Å²) in [7, 11) is 2.17. The number of alkyl halides is 1. The standard InChI is InChI=1S/C23H23ClN6/c1-29-9-11-30(12-10-29)21-8-7-19-14-17(21)6-5-16-3-2-4-18(13-16)26-22-20(24)15-25-23(27-19)28-22/h2-8,13-15,20H,9-12H2,1H3,(H,26,27,28). The quantitative estimate of drug-likeness (QED) is 0.589. The highest BCUT2D eigenvalue weighted by molar-refractivity contribution is 6.28. The molecule has 0 radical (unpaired) electrons. The Morgan fingerprint density at radius 1 is 0.967 bits per heavy atom. The molecule has 6 bridgehead atoms. The van der Waals surface area contributed by atoms with Gasteiger partial charge < -0.3 is 14.8 Å². The van der Waals surface area contributed by atoms with Gasteiger partial charge in [0.15, 0.2) is 0 Å². The summed E-state index contributed by atoms with van der Waals surface area (Å²) in [6.45, 7) is 4.15. The van der Waals surface area contributed by atoms with Gasteiger partial charge in [-0.15, -0.1) is 11.6 Å². The number of nitrogens with one attached hydrogen (secondary N) is 1. The lowest BCUT2D eigenvalue weighted by Gasteiger charge is -2.34. The molecule has 1 fully saturated rings. The number of aromatic amines is 1. The van der Waals surface area contributed by atoms with Gasteiger partial charge in [0.25, 0.3) is 5.95 Å². The van der Waals surface area contributed by atoms with Crippen LogP contribution in [0, 0.1) is 0 Å². The predicted octanol–water partition coefficient (Wildman–Crippen LogP) is 4.55. The predicted molar refractivity (Wildman–Crippen MR) is 124 cm³/mol. The molecule has 2 aliphatic rings. The van der Waals surface area contributed by atoms with E-state index in [1.165, 1.54) is 5.69 Å². The molecule has 1 unspecified atom stereocenters. The molecule has 0 aliphatic carbocycles. The van der Waals surface area contributed by atoms with Crippen molar-refractivity contribution in [2.24, 2.45) is 4.99 Å². The Morgan fingerprint density at radius 3 is 2.70 bits per heavy atom. The molecule has 1 N–H and O–H groups in total. The van der Waals surface area contributed by atoms with Crippen LogP contribution in [0.4, 0.5) is 11.6 Å². The smallest absolute Gasteiger partial charge is 0.251 e. The second-order valence-electron chi connectivity index (χ2n) is 7.71. The SMILES string of the molecule is CN1CCN(c2ccc3cc2ccc2cccc(c2)[nH]c2nc(n3)N=CC2Cl)CC1. The molecule has 3 heterocycles. The minimum atomic E-state index is -0.413. The monoisotopic (exact) mass is 418 g/mol. The lowest BCUT2D eigenvalue weighted by atomic mass is 10.1. The zero-order chi connectivity index (χ0) is 20.5. The van der Waals surface area contributed by atoms with E-state index in [-0.39, 0.29) is 0 Å². The molecular weight excluding hydrogens is 396 g/mol. The van der Waals surface area contributed by atoms with Crippen LogP contribution in [0.5, 0.6) is 0 Å². The first-order valence-corrected chi connectivity index (χ1v) is 10.6. The van der Waals surface area contributed by atoms with Gasteiger partial charge in [0.1, 0.15) is 11.2 Å². The summed E-state index contributed by atoms with van der Waals surface area (Å²) in [4.78, 5) is 21.6. The maximum atomic E-state index is 6.38. The summed E-state index contributed by atoms with van der Waals surface area (Å²) in [5, 5.41) is 1.83. The van der Waals surface area contributed by atoms with Gasteiger partial charge in [-0.25, -0.2) is 9.98 Å². The third-order valence-corrected chi connectivity index (χ3v) is 5.82. The van der Waals surface area contributed by atoms with Gasteiger partial charge in [0.05, 0.1) is 5.52 Å². The molecule has 30 heavy (non-hydrogen) atoms. The molecule has 2 aliphatic heterocycles. The van der Waals surface area contributed by atoms with Gasteiger partial charge >= 0.3 is 0 Å². The van der Waals surface area contributed by atoms with Gasteiger partial charge in [0, 0.05) is 43.6 Å². The van der Waals surface area contributed by atoms with Crippen molar-refractivity contribution >= 4 is 51.3 Å². The van der Waals surface area contributed by atoms with Crippen LogP contribution >= 0.6 is 11.6 Å². The summed E-state index contributed by atoms with van der Waals surface area (Å²) >= 11 is 6.38. The number of rotatable bonds is 1. The third kappa shape index (κ3) is 4.01. The minimum absolute atomic E-state index is 0.395. The molecule has 0 spiro atoms. The summed E-state index contributed by atoms with van der Waals surface area (Å²) in [5.41, 5.74) is 2.98. The van der Waals surface area contributed by atoms with E-state index in [9.17, 15) is 0 Å². The van der Waals surface area contributed by atoms with Crippen molar-refractivity contribution in [3.8, 4) is 0 Å². The van der Waals surface area contributed by atoms with E-state index in [2.05, 4.69) is 73.2 Å². The average Bonchev–Trinajstić information content (AvgIpc) is 2.76. The van der Waals surface area contributed by atoms with E-state index in [1.807, 2.05) is 18.2 Å². The van der Waals surface area contributed by atoms with Crippen molar-refractivity contribution in [1.29, 1.82) is 0 Å². The number of aromatic nitrogens is 3. The molecule has 0 amide bonds. The van der Waals surface area contributed by atoms with Crippen molar-refractivity contribution in [2.75, 3.05) is 38.1 Å². The molecular formula is C23H23ClN6. The number of nitrogens with zero attached hydrogens (tertiary/aromatic N) is 5. The summed E-state index contributed by atoms with van der Waals surface area (Å²) in [5.74, 6) is 1.02. The molecule has 5 rings (SSSR count). The number of likely N-dealkylation sites (N-methyl/N-ethyl adjacent to an activating group) is 1. The number of fused-ring (bicyclic) bond motifs is 6. The Kier molecular flexibility index (Phi) is 5.11. The number of hydrogen-bond donors (Lipinski definition) is 1. The largest absolute Gasteiger partial charge is 0.368 e. The highest BCUT2D eigenvalue weighted by Crippen LogP contribution is 2.26. The van der Waals surface area contributed by atoms with Crippen LogP contribution in [0.3, 0.4) is 0 Å². The normalized spacial score (nSPS) is 18.5. The van der Waals surface area contributed by atoms with Gasteiger partial charge in [-0.1, -0.05) is 24.3 Å². The van der Waals surface area contributed by atoms with Gasteiger partial charge in [-0.2, -0.15) is 4.98 Å². The van der Waals surface area contributed by atoms with Crippen molar-refractivity contribution in [1.82, 2.24) is 19.9 Å². The van der Waals surface area contributed by atoms with E-state index in [1.54, 1.807) is 6.21 Å². The van der Waals surface area contributed by atoms with E-state index >= 15 is 0 Å². The third-order valence-electron chi connectivity index (χ3n) is 5.50. The van der Waals surface area contributed by atoms with Crippen LogP contribution in [0.2, 0.25) is 0 Å². The van der Waals surface area contributed by atoms with E-state index in [4.69, 9.17) is 11.6 Å². The first-order valence-electron chi connectivity index (χ1n) is 10.1. The summed E-state index contributed by atoms with van der Waals surface area (Å²) < 4.78 is 0. The van der Waals surface area contributed by atoms with Crippen LogP contribution < -0.4 is 4.90 Å². The molecule has 1 saturated heterocycles. The topological polar surface area (TPSA) is 60.4 Å². The van der Waals surface area contributed by atoms with E-state index < -0.39 is 5.38 Å². The molecule has 7 heteroatoms. The van der Waals surface area contributed by atoms with Crippen LogP contribution in [0.1, 0.15) is 11.2 Å². The first-order chi connectivity index (χ1) is 14.6. The Morgan fingerprint density at radius 2 is 1.83 bits per heavy atom. The fraction of sp³-hybridized carbons (Fsp3) is 0.261. The van der Waals surface area contributed by atoms with Crippen molar-refractivity contribution in [3.63, 3.8) is 0 Å². The highest BCUT2D eigenvalue weighted by atomic mass is 35.5. The highest BCUT2D eigenvalue weighted by Gasteiger charge is 2.16. The number of benzene rings is 2. The first kappa shape index (κ1) is 19.0. The average molecular weight is 419 g/mol. The van der Waals surface area contributed by atoms with Crippen molar-refractivity contribution in [2.45, 2.75) is 5.38 Å². The second-order valence-corrected chi connectivity index (χ2v) is 8.18. The van der Waals surface area contributed by atoms with Gasteiger partial charge in [0.2, 0.25) is 0 Å². The van der Waals surface area contributed by atoms with Crippen molar-refractivity contribution in [3.05, 3.63) is 60.4 Å². The van der Waals surface area contributed by atoms with Crippen LogP contribution in [0.15, 0.2) is 59.6 Å². The molecule has 2 aromatic carbocycles. The zero-order valence-electron chi connectivity index (χ0n) is 16.8. The Balaban J connectivity index is 1.75.